The summed E-state index contributed by atoms with van der Waals surface area (Å²) in [7, 11) is 0. The van der Waals surface area contributed by atoms with Crippen LogP contribution in [0.1, 0.15) is 44.9 Å². The predicted octanol–water partition coefficient (Wildman–Crippen LogP) is 1.38. The van der Waals surface area contributed by atoms with Crippen molar-refractivity contribution >= 4 is 11.9 Å². The van der Waals surface area contributed by atoms with Gasteiger partial charge in [-0.15, -0.1) is 0 Å². The highest BCUT2D eigenvalue weighted by Gasteiger charge is 2.26. The number of aliphatic carboxylic acids is 1. The molecule has 20 heavy (non-hydrogen) atoms. The molecule has 5 nitrogen and oxygen atoms in total. The summed E-state index contributed by atoms with van der Waals surface area (Å²) in [5.74, 6) is 0.247. The molecule has 114 valence electrons. The Morgan fingerprint density at radius 1 is 1.10 bits per heavy atom. The van der Waals surface area contributed by atoms with E-state index in [-0.39, 0.29) is 11.8 Å². The summed E-state index contributed by atoms with van der Waals surface area (Å²) in [5.41, 5.74) is 0. The Balaban J connectivity index is 1.60. The maximum atomic E-state index is 11.9. The third-order valence-corrected chi connectivity index (χ3v) is 4.66. The Bertz CT molecular complexity index is 332. The van der Waals surface area contributed by atoms with Crippen LogP contribution >= 0.6 is 0 Å². The third-order valence-electron chi connectivity index (χ3n) is 4.66. The van der Waals surface area contributed by atoms with Crippen LogP contribution in [-0.2, 0) is 9.59 Å². The number of rotatable bonds is 5. The van der Waals surface area contributed by atoms with Crippen molar-refractivity contribution in [1.82, 2.24) is 10.6 Å². The zero-order valence-corrected chi connectivity index (χ0v) is 12.1. The number of piperidine rings is 1. The van der Waals surface area contributed by atoms with Crippen LogP contribution in [0.15, 0.2) is 0 Å². The lowest BCUT2D eigenvalue weighted by atomic mass is 9.82. The van der Waals surface area contributed by atoms with Crippen molar-refractivity contribution in [3.63, 3.8) is 0 Å². The van der Waals surface area contributed by atoms with E-state index in [2.05, 4.69) is 10.6 Å². The van der Waals surface area contributed by atoms with Gasteiger partial charge in [0.1, 0.15) is 0 Å². The van der Waals surface area contributed by atoms with Gasteiger partial charge in [-0.1, -0.05) is 0 Å². The summed E-state index contributed by atoms with van der Waals surface area (Å²) in [5, 5.41) is 15.3. The van der Waals surface area contributed by atoms with Crippen molar-refractivity contribution in [2.75, 3.05) is 19.6 Å². The monoisotopic (exact) mass is 282 g/mol. The normalized spacial score (nSPS) is 30.7. The van der Waals surface area contributed by atoms with E-state index in [4.69, 9.17) is 5.11 Å². The molecule has 0 bridgehead atoms. The number of amides is 1. The first-order valence-electron chi connectivity index (χ1n) is 7.85. The zero-order valence-electron chi connectivity index (χ0n) is 12.1. The van der Waals surface area contributed by atoms with Crippen molar-refractivity contribution in [1.29, 1.82) is 0 Å². The fourth-order valence-electron chi connectivity index (χ4n) is 3.30. The highest BCUT2D eigenvalue weighted by molar-refractivity contribution is 5.76. The Labute approximate surface area is 120 Å². The van der Waals surface area contributed by atoms with Crippen molar-refractivity contribution < 1.29 is 14.7 Å². The molecule has 2 rings (SSSR count). The number of carbonyl (C=O) groups is 2. The molecule has 0 radical (unpaired) electrons. The van der Waals surface area contributed by atoms with E-state index in [0.29, 0.717) is 24.8 Å². The molecule has 3 N–H and O–H groups in total. The molecular weight excluding hydrogens is 256 g/mol. The molecule has 0 aromatic heterocycles. The maximum absolute atomic E-state index is 11.9. The first-order valence-corrected chi connectivity index (χ1v) is 7.85. The lowest BCUT2D eigenvalue weighted by Gasteiger charge is -2.27. The van der Waals surface area contributed by atoms with Gasteiger partial charge in [0.2, 0.25) is 5.91 Å². The standard InChI is InChI=1S/C15H26N2O3/c18-14(8-12-2-1-7-16-9-12)17-10-11-3-5-13(6-4-11)15(19)20/h11-13,16H,1-10H2,(H,17,18)(H,19,20). The first kappa shape index (κ1) is 15.3. The second kappa shape index (κ2) is 7.62. The number of carbonyl (C=O) groups excluding carboxylic acids is 1. The highest BCUT2D eigenvalue weighted by atomic mass is 16.4. The average Bonchev–Trinajstić information content (AvgIpc) is 2.46. The van der Waals surface area contributed by atoms with Gasteiger partial charge in [-0.25, -0.2) is 0 Å². The van der Waals surface area contributed by atoms with E-state index in [1.807, 2.05) is 0 Å². The fraction of sp³-hybridized carbons (Fsp3) is 0.867. The highest BCUT2D eigenvalue weighted by Crippen LogP contribution is 2.28. The molecule has 1 saturated heterocycles. The van der Waals surface area contributed by atoms with Crippen molar-refractivity contribution in [2.24, 2.45) is 17.8 Å². The molecule has 1 amide bonds. The van der Waals surface area contributed by atoms with Crippen LogP contribution in [0, 0.1) is 17.8 Å². The quantitative estimate of drug-likeness (QED) is 0.712. The molecule has 1 heterocycles. The summed E-state index contributed by atoms with van der Waals surface area (Å²) >= 11 is 0. The molecule has 1 aliphatic heterocycles. The Hall–Kier alpha value is -1.10. The number of carboxylic acids is 1. The van der Waals surface area contributed by atoms with E-state index >= 15 is 0 Å². The van der Waals surface area contributed by atoms with Gasteiger partial charge in [-0.2, -0.15) is 0 Å². The van der Waals surface area contributed by atoms with Gasteiger partial charge in [0.05, 0.1) is 5.92 Å². The van der Waals surface area contributed by atoms with Crippen LogP contribution in [0.25, 0.3) is 0 Å². The number of carboxylic acid groups (broad SMARTS) is 1. The molecule has 5 heteroatoms. The van der Waals surface area contributed by atoms with Gasteiger partial charge in [0.25, 0.3) is 0 Å². The second-order valence-corrected chi connectivity index (χ2v) is 6.28. The lowest BCUT2D eigenvalue weighted by molar-refractivity contribution is -0.143. The van der Waals surface area contributed by atoms with Crippen molar-refractivity contribution in [3.8, 4) is 0 Å². The van der Waals surface area contributed by atoms with Crippen LogP contribution in [0.3, 0.4) is 0 Å². The summed E-state index contributed by atoms with van der Waals surface area (Å²) in [6.45, 7) is 2.74. The topological polar surface area (TPSA) is 78.4 Å². The van der Waals surface area contributed by atoms with Crippen LogP contribution in [0.4, 0.5) is 0 Å². The van der Waals surface area contributed by atoms with Gasteiger partial charge in [0.15, 0.2) is 0 Å². The third kappa shape index (κ3) is 4.78. The molecule has 0 aromatic carbocycles. The van der Waals surface area contributed by atoms with Crippen molar-refractivity contribution in [3.05, 3.63) is 0 Å². The van der Waals surface area contributed by atoms with Crippen molar-refractivity contribution in [2.45, 2.75) is 44.9 Å². The summed E-state index contributed by atoms with van der Waals surface area (Å²) in [6, 6.07) is 0. The SMILES string of the molecule is O=C(CC1CCCNC1)NCC1CCC(C(=O)O)CC1. The molecule has 2 aliphatic rings. The van der Waals surface area contributed by atoms with E-state index < -0.39 is 5.97 Å². The average molecular weight is 282 g/mol. The lowest BCUT2D eigenvalue weighted by Crippen LogP contribution is -2.36. The molecule has 1 aliphatic carbocycles. The maximum Gasteiger partial charge on any atom is 0.306 e. The van der Waals surface area contributed by atoms with E-state index in [1.54, 1.807) is 0 Å². The Morgan fingerprint density at radius 3 is 2.45 bits per heavy atom. The number of hydrogen-bond donors (Lipinski definition) is 3. The molecule has 1 atom stereocenters. The van der Waals surface area contributed by atoms with Crippen LogP contribution in [-0.4, -0.2) is 36.6 Å². The molecular formula is C15H26N2O3. The smallest absolute Gasteiger partial charge is 0.306 e. The van der Waals surface area contributed by atoms with Gasteiger partial charge in [-0.3, -0.25) is 9.59 Å². The van der Waals surface area contributed by atoms with Gasteiger partial charge in [-0.05, 0) is 63.5 Å². The van der Waals surface area contributed by atoms with Gasteiger partial charge < -0.3 is 15.7 Å². The van der Waals surface area contributed by atoms with Crippen LogP contribution in [0.5, 0.6) is 0 Å². The molecule has 0 spiro atoms. The fourth-order valence-corrected chi connectivity index (χ4v) is 3.30. The summed E-state index contributed by atoms with van der Waals surface area (Å²) in [4.78, 5) is 22.8. The van der Waals surface area contributed by atoms with E-state index in [1.165, 1.54) is 0 Å². The molecule has 1 saturated carbocycles. The van der Waals surface area contributed by atoms with Gasteiger partial charge in [0, 0.05) is 13.0 Å². The Morgan fingerprint density at radius 2 is 1.85 bits per heavy atom. The van der Waals surface area contributed by atoms with Crippen LogP contribution < -0.4 is 10.6 Å². The number of hydrogen-bond acceptors (Lipinski definition) is 3. The summed E-state index contributed by atoms with van der Waals surface area (Å²) < 4.78 is 0. The first-order chi connectivity index (χ1) is 9.65. The minimum atomic E-state index is -0.669. The second-order valence-electron chi connectivity index (χ2n) is 6.28. The largest absolute Gasteiger partial charge is 0.481 e. The van der Waals surface area contributed by atoms with E-state index in [9.17, 15) is 9.59 Å². The minimum absolute atomic E-state index is 0.152. The Kier molecular flexibility index (Phi) is 5.83. The zero-order chi connectivity index (χ0) is 14.4. The number of nitrogens with one attached hydrogen (secondary N) is 2. The predicted molar refractivity (Wildman–Crippen MR) is 76.3 cm³/mol. The molecule has 1 unspecified atom stereocenters. The molecule has 2 fully saturated rings. The van der Waals surface area contributed by atoms with E-state index in [0.717, 1.165) is 51.6 Å². The summed E-state index contributed by atoms with van der Waals surface area (Å²) in [6.07, 6.45) is 6.27. The molecule has 0 aromatic rings. The minimum Gasteiger partial charge on any atom is -0.481 e. The van der Waals surface area contributed by atoms with Gasteiger partial charge >= 0.3 is 5.97 Å². The van der Waals surface area contributed by atoms with Crippen LogP contribution in [0.2, 0.25) is 0 Å².